The van der Waals surface area contributed by atoms with E-state index in [4.69, 9.17) is 11.0 Å². The molecule has 0 aliphatic carbocycles. The van der Waals surface area contributed by atoms with Gasteiger partial charge in [-0.25, -0.2) is 0 Å². The molecule has 0 saturated carbocycles. The minimum absolute atomic E-state index is 0.00458. The number of aromatic nitrogens is 2. The van der Waals surface area contributed by atoms with Crippen molar-refractivity contribution in [2.75, 3.05) is 17.8 Å². The average molecular weight is 396 g/mol. The summed E-state index contributed by atoms with van der Waals surface area (Å²) in [6, 6.07) is 6.63. The highest BCUT2D eigenvalue weighted by molar-refractivity contribution is 8.38. The fraction of sp³-hybridized carbons (Fsp3) is 0.200. The molecule has 1 aromatic heterocycles. The van der Waals surface area contributed by atoms with Crippen molar-refractivity contribution >= 4 is 39.4 Å². The normalized spacial score (nSPS) is 13.8. The van der Waals surface area contributed by atoms with Crippen LogP contribution in [0, 0.1) is 11.3 Å². The van der Waals surface area contributed by atoms with Gasteiger partial charge in [-0.05, 0) is 29.5 Å². The maximum atomic E-state index is 12.8. The topological polar surface area (TPSA) is 91.2 Å². The summed E-state index contributed by atoms with van der Waals surface area (Å²) in [5.41, 5.74) is 6.00. The Morgan fingerprint density at radius 2 is 2.08 bits per heavy atom. The Balaban J connectivity index is 1.76. The third-order valence-corrected chi connectivity index (χ3v) is 5.56. The van der Waals surface area contributed by atoms with E-state index in [1.165, 1.54) is 29.6 Å². The lowest BCUT2D eigenvalue weighted by molar-refractivity contribution is -0.137. The van der Waals surface area contributed by atoms with Crippen molar-refractivity contribution in [3.63, 3.8) is 0 Å². The van der Waals surface area contributed by atoms with Gasteiger partial charge < -0.3 is 5.73 Å². The van der Waals surface area contributed by atoms with Gasteiger partial charge in [0, 0.05) is 18.9 Å². The number of hydrazone groups is 1. The highest BCUT2D eigenvalue weighted by atomic mass is 32.2. The first-order chi connectivity index (χ1) is 12.3. The van der Waals surface area contributed by atoms with Crippen LogP contribution in [0.15, 0.2) is 34.4 Å². The van der Waals surface area contributed by atoms with Gasteiger partial charge in [-0.15, -0.1) is 10.2 Å². The monoisotopic (exact) mass is 396 g/mol. The van der Waals surface area contributed by atoms with Crippen LogP contribution in [0.2, 0.25) is 0 Å². The molecule has 26 heavy (non-hydrogen) atoms. The lowest BCUT2D eigenvalue weighted by Gasteiger charge is -2.22. The number of nitrogen functional groups attached to an aromatic ring is 1. The van der Waals surface area contributed by atoms with E-state index in [1.807, 2.05) is 6.07 Å². The summed E-state index contributed by atoms with van der Waals surface area (Å²) >= 11 is 2.59. The summed E-state index contributed by atoms with van der Waals surface area (Å²) < 4.78 is 38.9. The van der Waals surface area contributed by atoms with Gasteiger partial charge in [0.25, 0.3) is 0 Å². The van der Waals surface area contributed by atoms with Crippen molar-refractivity contribution in [3.05, 3.63) is 41.0 Å². The van der Waals surface area contributed by atoms with E-state index in [9.17, 15) is 13.2 Å². The Morgan fingerprint density at radius 1 is 1.31 bits per heavy atom. The van der Waals surface area contributed by atoms with E-state index >= 15 is 0 Å². The molecule has 0 unspecified atom stereocenters. The summed E-state index contributed by atoms with van der Waals surface area (Å²) in [5.74, 6) is 0.587. The van der Waals surface area contributed by atoms with Crippen LogP contribution in [0.1, 0.15) is 16.7 Å². The largest absolute Gasteiger partial charge is 0.416 e. The summed E-state index contributed by atoms with van der Waals surface area (Å²) in [5, 5.41) is 23.6. The molecule has 1 aliphatic heterocycles. The minimum atomic E-state index is -4.48. The zero-order chi connectivity index (χ0) is 18.9. The SMILES string of the molecule is CN1N=C(SCc2ccc(C(F)(F)F)cc2C#N)Sc2nnc(N)cc21. The van der Waals surface area contributed by atoms with Gasteiger partial charge in [-0.3, -0.25) is 5.01 Å². The van der Waals surface area contributed by atoms with Crippen LogP contribution in [-0.2, 0) is 11.9 Å². The third kappa shape index (κ3) is 3.86. The van der Waals surface area contributed by atoms with Crippen molar-refractivity contribution in [3.8, 4) is 6.07 Å². The van der Waals surface area contributed by atoms with Crippen molar-refractivity contribution in [2.45, 2.75) is 17.0 Å². The molecule has 0 radical (unpaired) electrons. The van der Waals surface area contributed by atoms with Gasteiger partial charge in [-0.1, -0.05) is 17.8 Å². The molecular weight excluding hydrogens is 385 g/mol. The highest BCUT2D eigenvalue weighted by Gasteiger charge is 2.31. The first-order valence-electron chi connectivity index (χ1n) is 7.14. The minimum Gasteiger partial charge on any atom is -0.382 e. The molecule has 2 aromatic rings. The lowest BCUT2D eigenvalue weighted by Crippen LogP contribution is -2.17. The number of hydrogen-bond donors (Lipinski definition) is 1. The molecule has 3 rings (SSSR count). The molecule has 0 saturated heterocycles. The van der Waals surface area contributed by atoms with Gasteiger partial charge in [0.1, 0.15) is 5.82 Å². The second-order valence-corrected chi connectivity index (χ2v) is 7.42. The van der Waals surface area contributed by atoms with Gasteiger partial charge in [0.2, 0.25) is 0 Å². The number of benzene rings is 1. The summed E-state index contributed by atoms with van der Waals surface area (Å²) in [7, 11) is 1.74. The maximum Gasteiger partial charge on any atom is 0.416 e. The summed E-state index contributed by atoms with van der Waals surface area (Å²) in [6.45, 7) is 0. The number of rotatable bonds is 2. The Kier molecular flexibility index (Phi) is 4.97. The van der Waals surface area contributed by atoms with Gasteiger partial charge in [0.15, 0.2) is 9.40 Å². The number of alkyl halides is 3. The standard InChI is InChI=1S/C15H11F3N6S2/c1-24-11-5-12(20)21-22-13(11)26-14(23-24)25-7-8-2-3-10(15(16,17)18)4-9(8)6-19/h2-5H,7H2,1H3,(H2,20,21). The quantitative estimate of drug-likeness (QED) is 0.828. The Morgan fingerprint density at radius 3 is 2.77 bits per heavy atom. The Bertz CT molecular complexity index is 923. The van der Waals surface area contributed by atoms with Crippen LogP contribution in [0.4, 0.5) is 24.7 Å². The van der Waals surface area contributed by atoms with E-state index in [1.54, 1.807) is 18.1 Å². The number of halogens is 3. The Hall–Kier alpha value is -2.45. The molecular formula is C15H11F3N6S2. The lowest BCUT2D eigenvalue weighted by atomic mass is 10.1. The molecule has 0 bridgehead atoms. The molecule has 0 spiro atoms. The van der Waals surface area contributed by atoms with Crippen LogP contribution in [0.25, 0.3) is 0 Å². The van der Waals surface area contributed by atoms with E-state index in [0.717, 1.165) is 17.8 Å². The van der Waals surface area contributed by atoms with Crippen molar-refractivity contribution in [1.29, 1.82) is 5.26 Å². The number of anilines is 2. The van der Waals surface area contributed by atoms with Crippen LogP contribution in [0.5, 0.6) is 0 Å². The molecule has 134 valence electrons. The predicted molar refractivity (Wildman–Crippen MR) is 95.6 cm³/mol. The molecule has 11 heteroatoms. The molecule has 6 nitrogen and oxygen atoms in total. The highest BCUT2D eigenvalue weighted by Crippen LogP contribution is 2.38. The summed E-state index contributed by atoms with van der Waals surface area (Å²) in [4.78, 5) is 0. The number of nitriles is 1. The average Bonchev–Trinajstić information content (AvgIpc) is 2.59. The van der Waals surface area contributed by atoms with Crippen molar-refractivity contribution < 1.29 is 13.2 Å². The zero-order valence-electron chi connectivity index (χ0n) is 13.3. The molecule has 0 atom stereocenters. The smallest absolute Gasteiger partial charge is 0.382 e. The first-order valence-corrected chi connectivity index (χ1v) is 8.94. The van der Waals surface area contributed by atoms with E-state index in [0.29, 0.717) is 20.7 Å². The maximum absolute atomic E-state index is 12.8. The third-order valence-electron chi connectivity index (χ3n) is 3.43. The molecule has 2 heterocycles. The van der Waals surface area contributed by atoms with Gasteiger partial charge in [-0.2, -0.15) is 23.5 Å². The number of fused-ring (bicyclic) bond motifs is 1. The molecule has 1 aromatic carbocycles. The van der Waals surface area contributed by atoms with Crippen molar-refractivity contribution in [2.24, 2.45) is 5.10 Å². The molecule has 0 amide bonds. The van der Waals surface area contributed by atoms with Crippen LogP contribution in [0.3, 0.4) is 0 Å². The number of hydrogen-bond acceptors (Lipinski definition) is 8. The first kappa shape index (κ1) is 18.3. The van der Waals surface area contributed by atoms with Crippen molar-refractivity contribution in [1.82, 2.24) is 10.2 Å². The van der Waals surface area contributed by atoms with E-state index in [2.05, 4.69) is 15.3 Å². The van der Waals surface area contributed by atoms with E-state index < -0.39 is 11.7 Å². The fourth-order valence-electron chi connectivity index (χ4n) is 2.15. The van der Waals surface area contributed by atoms with Crippen LogP contribution >= 0.6 is 23.5 Å². The molecule has 0 fully saturated rings. The van der Waals surface area contributed by atoms with Crippen LogP contribution < -0.4 is 10.7 Å². The molecule has 2 N–H and O–H groups in total. The van der Waals surface area contributed by atoms with Gasteiger partial charge >= 0.3 is 6.18 Å². The van der Waals surface area contributed by atoms with Gasteiger partial charge in [0.05, 0.1) is 22.9 Å². The van der Waals surface area contributed by atoms with Crippen LogP contribution in [-0.4, -0.2) is 21.6 Å². The Labute approximate surface area is 155 Å². The predicted octanol–water partition coefficient (Wildman–Crippen LogP) is 3.70. The number of thioether (sulfide) groups is 2. The number of nitrogens with two attached hydrogens (primary N) is 1. The fourth-order valence-corrected chi connectivity index (χ4v) is 4.22. The van der Waals surface area contributed by atoms with E-state index in [-0.39, 0.29) is 11.4 Å². The second-order valence-electron chi connectivity index (χ2n) is 5.22. The zero-order valence-corrected chi connectivity index (χ0v) is 14.9. The second kappa shape index (κ2) is 7.05. The molecule has 1 aliphatic rings. The number of nitrogens with zero attached hydrogens (tertiary/aromatic N) is 5. The summed E-state index contributed by atoms with van der Waals surface area (Å²) in [6.07, 6.45) is -4.48.